The third kappa shape index (κ3) is 4.05. The highest BCUT2D eigenvalue weighted by Gasteiger charge is 2.16. The van der Waals surface area contributed by atoms with Gasteiger partial charge in [-0.15, -0.1) is 0 Å². The summed E-state index contributed by atoms with van der Waals surface area (Å²) in [7, 11) is 0. The summed E-state index contributed by atoms with van der Waals surface area (Å²) >= 11 is 18.5. The van der Waals surface area contributed by atoms with Gasteiger partial charge in [-0.3, -0.25) is 9.78 Å². The molecule has 0 aliphatic heterocycles. The average molecular weight is 557 g/mol. The van der Waals surface area contributed by atoms with Crippen LogP contribution in [0.4, 0.5) is 20.4 Å². The zero-order valence-electron chi connectivity index (χ0n) is 13.9. The van der Waals surface area contributed by atoms with Crippen LogP contribution in [0.1, 0.15) is 0 Å². The van der Waals surface area contributed by atoms with Crippen LogP contribution in [0.2, 0.25) is 10.0 Å². The fourth-order valence-corrected chi connectivity index (χ4v) is 4.07. The number of alkyl halides is 2. The molecule has 2 heterocycles. The number of benzene rings is 2. The van der Waals surface area contributed by atoms with E-state index in [-0.39, 0.29) is 5.82 Å². The van der Waals surface area contributed by atoms with Crippen LogP contribution in [0, 0.1) is 0 Å². The first kappa shape index (κ1) is 21.1. The Morgan fingerprint density at radius 2 is 1.61 bits per heavy atom. The van der Waals surface area contributed by atoms with E-state index in [2.05, 4.69) is 47.2 Å². The molecule has 2 aromatic carbocycles. The Bertz CT molecular complexity index is 1160. The average Bonchev–Trinajstić information content (AvgIpc) is 3.17. The molecule has 0 radical (unpaired) electrons. The van der Waals surface area contributed by atoms with Crippen molar-refractivity contribution in [1.29, 1.82) is 0 Å². The van der Waals surface area contributed by atoms with Crippen LogP contribution in [0.5, 0.6) is 0 Å². The molecule has 0 aliphatic rings. The maximum atomic E-state index is 12.3. The molecule has 6 nitrogen and oxygen atoms in total. The number of fused-ring (bicyclic) bond motifs is 2. The minimum Gasteiger partial charge on any atom is -0.382 e. The number of anilines is 2. The Hall–Kier alpha value is -1.62. The summed E-state index contributed by atoms with van der Waals surface area (Å²) in [5.41, 5.74) is 12.6. The first-order valence-electron chi connectivity index (χ1n) is 7.66. The number of nitrogen functional groups attached to an aromatic ring is 2. The number of aromatic nitrogens is 4. The highest BCUT2D eigenvalue weighted by molar-refractivity contribution is 9.11. The van der Waals surface area contributed by atoms with Crippen molar-refractivity contribution in [2.24, 2.45) is 0 Å². The van der Waals surface area contributed by atoms with Gasteiger partial charge in [-0.25, -0.2) is 8.78 Å². The Kier molecular flexibility index (Phi) is 6.33. The lowest BCUT2D eigenvalue weighted by atomic mass is 10.2. The number of hydrogen-bond donors (Lipinski definition) is 3. The van der Waals surface area contributed by atoms with E-state index in [1.54, 1.807) is 18.2 Å². The minimum atomic E-state index is -2.49. The van der Waals surface area contributed by atoms with Gasteiger partial charge in [0.1, 0.15) is 6.54 Å². The Morgan fingerprint density at radius 3 is 2.21 bits per heavy atom. The quantitative estimate of drug-likeness (QED) is 0.288. The Balaban J connectivity index is 0.000000167. The molecule has 4 rings (SSSR count). The van der Waals surface area contributed by atoms with Crippen LogP contribution < -0.4 is 11.5 Å². The second-order valence-electron chi connectivity index (χ2n) is 5.60. The summed E-state index contributed by atoms with van der Waals surface area (Å²) < 4.78 is 27.4. The van der Waals surface area contributed by atoms with Crippen LogP contribution in [0.25, 0.3) is 21.8 Å². The zero-order chi connectivity index (χ0) is 20.6. The lowest BCUT2D eigenvalue weighted by Crippen LogP contribution is -2.08. The van der Waals surface area contributed by atoms with E-state index in [4.69, 9.17) is 34.7 Å². The second kappa shape index (κ2) is 8.40. The molecule has 2 aromatic heterocycles. The summed E-state index contributed by atoms with van der Waals surface area (Å²) in [6.45, 7) is -0.507. The minimum absolute atomic E-state index is 0.155. The van der Waals surface area contributed by atoms with Crippen molar-refractivity contribution in [3.8, 4) is 0 Å². The molecule has 28 heavy (non-hydrogen) atoms. The maximum Gasteiger partial charge on any atom is 0.257 e. The van der Waals surface area contributed by atoms with Crippen LogP contribution in [-0.2, 0) is 6.54 Å². The first-order chi connectivity index (χ1) is 13.2. The van der Waals surface area contributed by atoms with E-state index < -0.39 is 13.0 Å². The molecule has 0 saturated carbocycles. The molecule has 0 unspecified atom stereocenters. The van der Waals surface area contributed by atoms with Gasteiger partial charge in [0.05, 0.1) is 31.9 Å². The Labute approximate surface area is 184 Å². The third-order valence-corrected chi connectivity index (χ3v) is 5.71. The van der Waals surface area contributed by atoms with Gasteiger partial charge < -0.3 is 11.5 Å². The van der Waals surface area contributed by atoms with E-state index in [1.165, 1.54) is 0 Å². The van der Waals surface area contributed by atoms with Crippen molar-refractivity contribution in [2.45, 2.75) is 13.0 Å². The standard InChI is InChI=1S/C9H7BrClF2N3.C7H5BrClN3/c10-4-1-2-5(11)7-8(4)16(3-6(12)13)15-9(7)14;8-3-1-2-4(9)5-6(3)11-12-7(5)10/h1-2,6H,3H2,(H2,14,15);1-2H,(H3,10,11,12). The summed E-state index contributed by atoms with van der Waals surface area (Å²) in [6.07, 6.45) is -2.49. The van der Waals surface area contributed by atoms with Gasteiger partial charge >= 0.3 is 0 Å². The predicted octanol–water partition coefficient (Wildman–Crippen LogP) is 5.86. The van der Waals surface area contributed by atoms with E-state index >= 15 is 0 Å². The van der Waals surface area contributed by atoms with Gasteiger partial charge in [0, 0.05) is 8.95 Å². The van der Waals surface area contributed by atoms with E-state index in [0.29, 0.717) is 31.2 Å². The molecule has 4 aromatic rings. The van der Waals surface area contributed by atoms with Gasteiger partial charge in [0.2, 0.25) is 0 Å². The molecule has 0 saturated heterocycles. The third-order valence-electron chi connectivity index (χ3n) is 3.78. The molecule has 0 amide bonds. The summed E-state index contributed by atoms with van der Waals surface area (Å²) in [5, 5.41) is 12.8. The second-order valence-corrected chi connectivity index (χ2v) is 8.12. The number of nitrogens with zero attached hydrogens (tertiary/aromatic N) is 3. The topological polar surface area (TPSA) is 98.5 Å². The summed E-state index contributed by atoms with van der Waals surface area (Å²) in [5.74, 6) is 0.582. The first-order valence-corrected chi connectivity index (χ1v) is 10.0. The van der Waals surface area contributed by atoms with E-state index in [9.17, 15) is 8.78 Å². The monoisotopic (exact) mass is 554 g/mol. The number of H-pyrrole nitrogens is 1. The molecule has 0 atom stereocenters. The lowest BCUT2D eigenvalue weighted by molar-refractivity contribution is 0.123. The van der Waals surface area contributed by atoms with Crippen molar-refractivity contribution < 1.29 is 8.78 Å². The SMILES string of the molecule is Nc1n[nH]c2c(Br)ccc(Cl)c12.Nc1nn(CC(F)F)c2c(Br)ccc(Cl)c12. The van der Waals surface area contributed by atoms with Gasteiger partial charge in [0.15, 0.2) is 11.6 Å². The van der Waals surface area contributed by atoms with Gasteiger partial charge in [-0.2, -0.15) is 10.2 Å². The van der Waals surface area contributed by atoms with Crippen molar-refractivity contribution >= 4 is 88.5 Å². The largest absolute Gasteiger partial charge is 0.382 e. The van der Waals surface area contributed by atoms with Crippen molar-refractivity contribution in [1.82, 2.24) is 20.0 Å². The number of hydrogen-bond acceptors (Lipinski definition) is 4. The van der Waals surface area contributed by atoms with Crippen LogP contribution >= 0.6 is 55.1 Å². The van der Waals surface area contributed by atoms with Gasteiger partial charge in [-0.1, -0.05) is 23.2 Å². The fraction of sp³-hybridized carbons (Fsp3) is 0.125. The van der Waals surface area contributed by atoms with Gasteiger partial charge in [-0.05, 0) is 56.1 Å². The van der Waals surface area contributed by atoms with Crippen LogP contribution in [0.3, 0.4) is 0 Å². The van der Waals surface area contributed by atoms with Crippen LogP contribution in [-0.4, -0.2) is 26.4 Å². The van der Waals surface area contributed by atoms with Crippen LogP contribution in [0.15, 0.2) is 33.2 Å². The lowest BCUT2D eigenvalue weighted by Gasteiger charge is -2.03. The zero-order valence-corrected chi connectivity index (χ0v) is 18.5. The highest BCUT2D eigenvalue weighted by Crippen LogP contribution is 2.34. The molecule has 0 fully saturated rings. The van der Waals surface area contributed by atoms with Crippen molar-refractivity contribution in [3.63, 3.8) is 0 Å². The van der Waals surface area contributed by atoms with E-state index in [1.807, 2.05) is 6.07 Å². The molecule has 5 N–H and O–H groups in total. The predicted molar refractivity (Wildman–Crippen MR) is 116 cm³/mol. The van der Waals surface area contributed by atoms with E-state index in [0.717, 1.165) is 20.1 Å². The number of aromatic amines is 1. The normalized spacial score (nSPS) is 11.2. The molecule has 148 valence electrons. The highest BCUT2D eigenvalue weighted by atomic mass is 79.9. The van der Waals surface area contributed by atoms with Crippen molar-refractivity contribution in [3.05, 3.63) is 43.3 Å². The number of rotatable bonds is 2. The number of halogens is 6. The van der Waals surface area contributed by atoms with Gasteiger partial charge in [0.25, 0.3) is 6.43 Å². The molecule has 0 aliphatic carbocycles. The number of nitrogens with one attached hydrogen (secondary N) is 1. The molecule has 0 spiro atoms. The molecular formula is C16H12Br2Cl2F2N6. The fourth-order valence-electron chi connectivity index (χ4n) is 2.61. The molecule has 12 heteroatoms. The molecular weight excluding hydrogens is 545 g/mol. The van der Waals surface area contributed by atoms with Crippen molar-refractivity contribution in [2.75, 3.05) is 11.5 Å². The summed E-state index contributed by atoms with van der Waals surface area (Å²) in [6, 6.07) is 6.94. The smallest absolute Gasteiger partial charge is 0.257 e. The Morgan fingerprint density at radius 1 is 1.00 bits per heavy atom. The number of nitrogens with two attached hydrogens (primary N) is 2. The molecule has 0 bridgehead atoms. The summed E-state index contributed by atoms with van der Waals surface area (Å²) in [4.78, 5) is 0. The maximum absolute atomic E-state index is 12.3.